The summed E-state index contributed by atoms with van der Waals surface area (Å²) in [5.74, 6) is -0.428. The molecule has 0 spiro atoms. The molecule has 31 heavy (non-hydrogen) atoms. The highest BCUT2D eigenvalue weighted by Crippen LogP contribution is 2.23. The number of halogens is 1. The summed E-state index contributed by atoms with van der Waals surface area (Å²) in [4.78, 5) is 39.2. The first-order chi connectivity index (χ1) is 15.0. The number of rotatable bonds is 5. The Morgan fingerprint density at radius 1 is 1.23 bits per heavy atom. The van der Waals surface area contributed by atoms with Gasteiger partial charge in [0.15, 0.2) is 0 Å². The quantitative estimate of drug-likeness (QED) is 0.735. The molecule has 2 N–H and O–H groups in total. The third kappa shape index (κ3) is 5.10. The van der Waals surface area contributed by atoms with Crippen LogP contribution in [0.3, 0.4) is 0 Å². The highest BCUT2D eigenvalue weighted by molar-refractivity contribution is 8.00. The molecular formula is C22H24FN3O4S. The van der Waals surface area contributed by atoms with E-state index >= 15 is 0 Å². The number of piperidine rings is 1. The fraction of sp³-hybridized carbons (Fsp3) is 0.409. The Morgan fingerprint density at radius 3 is 2.68 bits per heavy atom. The van der Waals surface area contributed by atoms with Crippen LogP contribution < -0.4 is 10.6 Å². The van der Waals surface area contributed by atoms with Crippen LogP contribution in [0, 0.1) is 5.82 Å². The number of hydrogen-bond acceptors (Lipinski definition) is 5. The molecule has 4 rings (SSSR count). The second-order valence-electron chi connectivity index (χ2n) is 7.77. The van der Waals surface area contributed by atoms with Crippen molar-refractivity contribution in [3.63, 3.8) is 0 Å². The van der Waals surface area contributed by atoms with Crippen molar-refractivity contribution in [3.8, 4) is 0 Å². The van der Waals surface area contributed by atoms with Gasteiger partial charge < -0.3 is 20.0 Å². The van der Waals surface area contributed by atoms with Gasteiger partial charge in [0.25, 0.3) is 5.91 Å². The summed E-state index contributed by atoms with van der Waals surface area (Å²) in [6.45, 7) is 1.09. The summed E-state index contributed by atoms with van der Waals surface area (Å²) in [6.07, 6.45) is 4.50. The van der Waals surface area contributed by atoms with E-state index in [1.54, 1.807) is 29.2 Å². The lowest BCUT2D eigenvalue weighted by Crippen LogP contribution is -2.57. The van der Waals surface area contributed by atoms with Gasteiger partial charge in [-0.25, -0.2) is 4.39 Å². The average Bonchev–Trinajstić information content (AvgIpc) is 3.31. The number of hydrogen-bond donors (Lipinski definition) is 2. The standard InChI is InChI=1S/C22H24FN3O4S/c23-17-4-2-1-3-14(17)11-19-21(28)25-18(13-31-19)20(27)24-16-5-8-26(9-6-16)22(29)15-7-10-30-12-15/h1-4,7,10,12,16,18-19H,5-6,8-9,11,13H2,(H,24,27)(H,25,28)/t18-,19+/m0/s1. The van der Waals surface area contributed by atoms with E-state index in [1.807, 2.05) is 0 Å². The predicted octanol–water partition coefficient (Wildman–Crippen LogP) is 1.98. The van der Waals surface area contributed by atoms with E-state index in [0.29, 0.717) is 49.2 Å². The molecule has 7 nitrogen and oxygen atoms in total. The average molecular weight is 446 g/mol. The number of carbonyl (C=O) groups excluding carboxylic acids is 3. The Balaban J connectivity index is 1.23. The molecule has 2 atom stereocenters. The van der Waals surface area contributed by atoms with E-state index < -0.39 is 11.3 Å². The maximum atomic E-state index is 13.9. The van der Waals surface area contributed by atoms with Gasteiger partial charge in [0.05, 0.1) is 17.1 Å². The van der Waals surface area contributed by atoms with Gasteiger partial charge in [-0.3, -0.25) is 14.4 Å². The Morgan fingerprint density at radius 2 is 2.00 bits per heavy atom. The van der Waals surface area contributed by atoms with Gasteiger partial charge in [-0.1, -0.05) is 18.2 Å². The van der Waals surface area contributed by atoms with Gasteiger partial charge in [-0.2, -0.15) is 0 Å². The third-order valence-electron chi connectivity index (χ3n) is 5.65. The molecular weight excluding hydrogens is 421 g/mol. The summed E-state index contributed by atoms with van der Waals surface area (Å²) in [5.41, 5.74) is 1.02. The summed E-state index contributed by atoms with van der Waals surface area (Å²) in [7, 11) is 0. The zero-order valence-corrected chi connectivity index (χ0v) is 17.7. The number of benzene rings is 1. The highest BCUT2D eigenvalue weighted by Gasteiger charge is 2.34. The van der Waals surface area contributed by atoms with Crippen LogP contribution in [0.5, 0.6) is 0 Å². The van der Waals surface area contributed by atoms with Gasteiger partial charge >= 0.3 is 0 Å². The first-order valence-corrected chi connectivity index (χ1v) is 11.3. The number of amides is 3. The molecule has 9 heteroatoms. The Labute approximate surface area is 183 Å². The Bertz CT molecular complexity index is 944. The fourth-order valence-corrected chi connectivity index (χ4v) is 5.02. The highest BCUT2D eigenvalue weighted by atomic mass is 32.2. The summed E-state index contributed by atoms with van der Waals surface area (Å²) in [5, 5.41) is 5.35. The van der Waals surface area contributed by atoms with Gasteiger partial charge in [0.1, 0.15) is 18.1 Å². The molecule has 1 aromatic carbocycles. The van der Waals surface area contributed by atoms with Crippen LogP contribution in [-0.2, 0) is 16.0 Å². The lowest BCUT2D eigenvalue weighted by Gasteiger charge is -2.34. The van der Waals surface area contributed by atoms with Gasteiger partial charge in [0.2, 0.25) is 11.8 Å². The summed E-state index contributed by atoms with van der Waals surface area (Å²) < 4.78 is 18.8. The number of nitrogens with zero attached hydrogens (tertiary/aromatic N) is 1. The van der Waals surface area contributed by atoms with Crippen molar-refractivity contribution < 1.29 is 23.2 Å². The minimum Gasteiger partial charge on any atom is -0.472 e. The summed E-state index contributed by atoms with van der Waals surface area (Å²) in [6, 6.07) is 7.40. The SMILES string of the molecule is O=C(NC1CCN(C(=O)c2ccoc2)CC1)[C@@H]1CS[C@H](Cc2ccccc2F)C(=O)N1. The minimum absolute atomic E-state index is 0.0426. The topological polar surface area (TPSA) is 91.7 Å². The molecule has 0 unspecified atom stereocenters. The van der Waals surface area contributed by atoms with E-state index in [4.69, 9.17) is 4.42 Å². The molecule has 164 valence electrons. The zero-order chi connectivity index (χ0) is 21.8. The smallest absolute Gasteiger partial charge is 0.257 e. The van der Waals surface area contributed by atoms with Gasteiger partial charge in [-0.05, 0) is 37.0 Å². The fourth-order valence-electron chi connectivity index (χ4n) is 3.85. The molecule has 3 heterocycles. The molecule has 2 aliphatic rings. The lowest BCUT2D eigenvalue weighted by molar-refractivity contribution is -0.129. The second kappa shape index (κ2) is 9.55. The molecule has 2 fully saturated rings. The minimum atomic E-state index is -0.611. The largest absolute Gasteiger partial charge is 0.472 e. The second-order valence-corrected chi connectivity index (χ2v) is 9.00. The van der Waals surface area contributed by atoms with Crippen LogP contribution in [0.1, 0.15) is 28.8 Å². The van der Waals surface area contributed by atoms with Gasteiger partial charge in [0, 0.05) is 24.9 Å². The van der Waals surface area contributed by atoms with E-state index in [2.05, 4.69) is 10.6 Å². The van der Waals surface area contributed by atoms with Gasteiger partial charge in [-0.15, -0.1) is 11.8 Å². The van der Waals surface area contributed by atoms with Crippen LogP contribution >= 0.6 is 11.8 Å². The first kappa shape index (κ1) is 21.4. The van der Waals surface area contributed by atoms with Crippen molar-refractivity contribution in [1.29, 1.82) is 0 Å². The van der Waals surface area contributed by atoms with Crippen molar-refractivity contribution in [2.75, 3.05) is 18.8 Å². The number of thioether (sulfide) groups is 1. The van der Waals surface area contributed by atoms with Crippen molar-refractivity contribution in [1.82, 2.24) is 15.5 Å². The monoisotopic (exact) mass is 445 g/mol. The van der Waals surface area contributed by atoms with Crippen molar-refractivity contribution >= 4 is 29.5 Å². The van der Waals surface area contributed by atoms with E-state index in [9.17, 15) is 18.8 Å². The predicted molar refractivity (Wildman–Crippen MR) is 114 cm³/mol. The first-order valence-electron chi connectivity index (χ1n) is 10.3. The molecule has 3 amide bonds. The normalized spacial score (nSPS) is 22.1. The van der Waals surface area contributed by atoms with Crippen LogP contribution in [0.25, 0.3) is 0 Å². The molecule has 2 aliphatic heterocycles. The molecule has 0 radical (unpaired) electrons. The van der Waals surface area contributed by atoms with E-state index in [0.717, 1.165) is 0 Å². The van der Waals surface area contributed by atoms with E-state index in [1.165, 1.54) is 30.4 Å². The zero-order valence-electron chi connectivity index (χ0n) is 16.9. The van der Waals surface area contributed by atoms with Crippen LogP contribution in [0.4, 0.5) is 4.39 Å². The van der Waals surface area contributed by atoms with E-state index in [-0.39, 0.29) is 29.6 Å². The van der Waals surface area contributed by atoms with Crippen molar-refractivity contribution in [2.24, 2.45) is 0 Å². The molecule has 0 bridgehead atoms. The van der Waals surface area contributed by atoms with Crippen molar-refractivity contribution in [2.45, 2.75) is 36.6 Å². The molecule has 2 saturated heterocycles. The maximum absolute atomic E-state index is 13.9. The number of furan rings is 1. The molecule has 2 aromatic rings. The Hall–Kier alpha value is -2.81. The van der Waals surface area contributed by atoms with Crippen LogP contribution in [0.2, 0.25) is 0 Å². The van der Waals surface area contributed by atoms with Crippen molar-refractivity contribution in [3.05, 3.63) is 59.8 Å². The molecule has 0 saturated carbocycles. The number of nitrogens with one attached hydrogen (secondary N) is 2. The number of carbonyl (C=O) groups is 3. The molecule has 1 aromatic heterocycles. The third-order valence-corrected chi connectivity index (χ3v) is 6.96. The molecule has 0 aliphatic carbocycles. The Kier molecular flexibility index (Phi) is 6.60. The van der Waals surface area contributed by atoms with Crippen LogP contribution in [-0.4, -0.2) is 58.8 Å². The lowest BCUT2D eigenvalue weighted by atomic mass is 10.0. The van der Waals surface area contributed by atoms with Crippen LogP contribution in [0.15, 0.2) is 47.3 Å². The summed E-state index contributed by atoms with van der Waals surface area (Å²) >= 11 is 1.37. The number of likely N-dealkylation sites (tertiary alicyclic amines) is 1. The maximum Gasteiger partial charge on any atom is 0.257 e.